The Morgan fingerprint density at radius 3 is 1.36 bits per heavy atom. The molecule has 0 N–H and O–H groups in total. The van der Waals surface area contributed by atoms with Crippen LogP contribution in [0.5, 0.6) is 0 Å². The number of hydrogen-bond donors (Lipinski definition) is 0. The summed E-state index contributed by atoms with van der Waals surface area (Å²) in [4.78, 5) is 2.60. The largest absolute Gasteiger partial charge is 0.314 e. The average Bonchev–Trinajstić information content (AvgIpc) is 3.50. The van der Waals surface area contributed by atoms with Crippen LogP contribution in [0.25, 0.3) is 43.8 Å². The number of fused-ring (bicyclic) bond motifs is 10. The molecule has 6 aromatic carbocycles. The van der Waals surface area contributed by atoms with Crippen LogP contribution in [-0.2, 0) is 10.8 Å². The van der Waals surface area contributed by atoms with E-state index in [1.165, 1.54) is 105 Å². The van der Waals surface area contributed by atoms with Crippen molar-refractivity contribution in [2.24, 2.45) is 0 Å². The molecule has 266 valence electrons. The maximum Gasteiger partial charge on any atom is 0.0462 e. The first-order valence-electron chi connectivity index (χ1n) is 19.9. The van der Waals surface area contributed by atoms with Crippen LogP contribution < -0.4 is 4.90 Å². The Kier molecular flexibility index (Phi) is 7.56. The van der Waals surface area contributed by atoms with Crippen LogP contribution in [0.1, 0.15) is 127 Å². The van der Waals surface area contributed by atoms with E-state index in [9.17, 15) is 0 Å². The molecule has 0 atom stereocenters. The fraction of sp³-hybridized carbons (Fsp3) is 0.308. The van der Waals surface area contributed by atoms with Gasteiger partial charge in [-0.2, -0.15) is 0 Å². The molecule has 53 heavy (non-hydrogen) atoms. The van der Waals surface area contributed by atoms with Gasteiger partial charge in [0.05, 0.1) is 0 Å². The van der Waals surface area contributed by atoms with Crippen molar-refractivity contribution < 1.29 is 0 Å². The third kappa shape index (κ3) is 4.89. The molecule has 0 aromatic heterocycles. The second-order valence-electron chi connectivity index (χ2n) is 17.8. The van der Waals surface area contributed by atoms with Crippen molar-refractivity contribution in [3.8, 4) is 22.3 Å². The lowest BCUT2D eigenvalue weighted by Gasteiger charge is -2.33. The Balaban J connectivity index is 1.25. The first kappa shape index (κ1) is 33.9. The molecule has 3 aliphatic rings. The standard InChI is InChI=1S/C52H53N/c1-30(2)42-28-46-49(38-17-13-11-15-36(38)42)40-22-20-34(26-44(40)51(46,7)8)53(48-24-19-32(5)25-33(48)6)35-21-23-41-45(27-35)52(9,10)47-29-43(31(3)4)37-16-12-14-18-39(37)50(41)47/h11-18,20-23,25-31H,19,24H2,1-10H3. The first-order chi connectivity index (χ1) is 25.3. The Labute approximate surface area is 317 Å². The third-order valence-corrected chi connectivity index (χ3v) is 13.1. The Morgan fingerprint density at radius 2 is 0.943 bits per heavy atom. The van der Waals surface area contributed by atoms with E-state index in [0.29, 0.717) is 11.8 Å². The molecule has 0 aliphatic heterocycles. The van der Waals surface area contributed by atoms with E-state index in [1.807, 2.05) is 0 Å². The van der Waals surface area contributed by atoms with Crippen LogP contribution in [0.15, 0.2) is 120 Å². The molecular formula is C52H53N. The molecule has 0 spiro atoms. The van der Waals surface area contributed by atoms with Crippen molar-refractivity contribution in [3.63, 3.8) is 0 Å². The van der Waals surface area contributed by atoms with E-state index in [-0.39, 0.29) is 10.8 Å². The molecule has 9 rings (SSSR count). The van der Waals surface area contributed by atoms with Gasteiger partial charge in [0.25, 0.3) is 0 Å². The molecule has 3 aliphatic carbocycles. The maximum atomic E-state index is 2.60. The number of benzene rings is 6. The van der Waals surface area contributed by atoms with Crippen molar-refractivity contribution in [2.75, 3.05) is 4.90 Å². The van der Waals surface area contributed by atoms with Crippen molar-refractivity contribution in [3.05, 3.63) is 153 Å². The van der Waals surface area contributed by atoms with E-state index in [4.69, 9.17) is 0 Å². The van der Waals surface area contributed by atoms with Crippen LogP contribution in [0.4, 0.5) is 11.4 Å². The number of hydrogen-bond acceptors (Lipinski definition) is 1. The van der Waals surface area contributed by atoms with Crippen molar-refractivity contribution >= 4 is 32.9 Å². The number of nitrogens with zero attached hydrogens (tertiary/aromatic N) is 1. The van der Waals surface area contributed by atoms with Crippen molar-refractivity contribution in [1.82, 2.24) is 0 Å². The molecule has 0 radical (unpaired) electrons. The van der Waals surface area contributed by atoms with Crippen molar-refractivity contribution in [1.29, 1.82) is 0 Å². The lowest BCUT2D eigenvalue weighted by molar-refractivity contribution is 0.658. The number of anilines is 2. The molecular weight excluding hydrogens is 639 g/mol. The normalized spacial score (nSPS) is 16.6. The summed E-state index contributed by atoms with van der Waals surface area (Å²) >= 11 is 0. The van der Waals surface area contributed by atoms with E-state index >= 15 is 0 Å². The van der Waals surface area contributed by atoms with Gasteiger partial charge >= 0.3 is 0 Å². The van der Waals surface area contributed by atoms with Gasteiger partial charge < -0.3 is 4.90 Å². The minimum Gasteiger partial charge on any atom is -0.314 e. The zero-order valence-corrected chi connectivity index (χ0v) is 33.3. The molecule has 1 heteroatoms. The number of rotatable bonds is 5. The summed E-state index contributed by atoms with van der Waals surface area (Å²) in [5.41, 5.74) is 20.7. The predicted molar refractivity (Wildman–Crippen MR) is 229 cm³/mol. The minimum atomic E-state index is -0.122. The molecule has 0 heterocycles. The fourth-order valence-electron chi connectivity index (χ4n) is 10.2. The quantitative estimate of drug-likeness (QED) is 0.174. The summed E-state index contributed by atoms with van der Waals surface area (Å²) < 4.78 is 0. The van der Waals surface area contributed by atoms with E-state index in [0.717, 1.165) is 12.8 Å². The third-order valence-electron chi connectivity index (χ3n) is 13.1. The lowest BCUT2D eigenvalue weighted by atomic mass is 9.79. The molecule has 0 amide bonds. The van der Waals surface area contributed by atoms with Gasteiger partial charge in [-0.3, -0.25) is 0 Å². The van der Waals surface area contributed by atoms with Gasteiger partial charge in [0, 0.05) is 27.9 Å². The maximum absolute atomic E-state index is 2.60. The lowest BCUT2D eigenvalue weighted by Crippen LogP contribution is -2.22. The first-order valence-corrected chi connectivity index (χ1v) is 19.9. The summed E-state index contributed by atoms with van der Waals surface area (Å²) in [6.45, 7) is 23.7. The van der Waals surface area contributed by atoms with Crippen LogP contribution >= 0.6 is 0 Å². The van der Waals surface area contributed by atoms with Crippen LogP contribution in [0, 0.1) is 0 Å². The van der Waals surface area contributed by atoms with Gasteiger partial charge in [0.1, 0.15) is 0 Å². The predicted octanol–water partition coefficient (Wildman–Crippen LogP) is 15.0. The van der Waals surface area contributed by atoms with Gasteiger partial charge in [-0.15, -0.1) is 0 Å². The molecule has 0 bridgehead atoms. The summed E-state index contributed by atoms with van der Waals surface area (Å²) in [7, 11) is 0. The van der Waals surface area contributed by atoms with E-state index in [1.54, 1.807) is 0 Å². The van der Waals surface area contributed by atoms with Gasteiger partial charge in [0.2, 0.25) is 0 Å². The highest BCUT2D eigenvalue weighted by Crippen LogP contribution is 2.56. The van der Waals surface area contributed by atoms with E-state index < -0.39 is 0 Å². The molecule has 0 unspecified atom stereocenters. The highest BCUT2D eigenvalue weighted by Gasteiger charge is 2.40. The minimum absolute atomic E-state index is 0.122. The number of allylic oxidation sites excluding steroid dienone is 4. The SMILES string of the molecule is CC1=CC(C)=C(N(c2ccc3c(c2)C(C)(C)c2cc(C(C)C)c4ccccc4c2-3)c2ccc3c(c2)C(C)(C)c2cc(C(C)C)c4ccccc4c2-3)CC1. The Hall–Kier alpha value is -4.88. The Morgan fingerprint density at radius 1 is 0.509 bits per heavy atom. The second-order valence-corrected chi connectivity index (χ2v) is 17.8. The van der Waals surface area contributed by atoms with Crippen LogP contribution in [-0.4, -0.2) is 0 Å². The molecule has 0 saturated carbocycles. The molecule has 1 nitrogen and oxygen atoms in total. The topological polar surface area (TPSA) is 3.24 Å². The summed E-state index contributed by atoms with van der Waals surface area (Å²) in [6.07, 6.45) is 4.52. The fourth-order valence-corrected chi connectivity index (χ4v) is 10.2. The summed E-state index contributed by atoms with van der Waals surface area (Å²) in [6, 6.07) is 37.9. The molecule has 6 aromatic rings. The Bertz CT molecular complexity index is 2420. The molecule has 0 saturated heterocycles. The van der Waals surface area contributed by atoms with Crippen LogP contribution in [0.2, 0.25) is 0 Å². The van der Waals surface area contributed by atoms with Gasteiger partial charge in [-0.05, 0) is 146 Å². The second kappa shape index (κ2) is 11.8. The van der Waals surface area contributed by atoms with Gasteiger partial charge in [0.15, 0.2) is 0 Å². The monoisotopic (exact) mass is 691 g/mol. The van der Waals surface area contributed by atoms with Crippen LogP contribution in [0.3, 0.4) is 0 Å². The zero-order valence-electron chi connectivity index (χ0n) is 33.3. The van der Waals surface area contributed by atoms with Gasteiger partial charge in [-0.1, -0.05) is 140 Å². The summed E-state index contributed by atoms with van der Waals surface area (Å²) in [5, 5.41) is 5.53. The average molecular weight is 692 g/mol. The highest BCUT2D eigenvalue weighted by molar-refractivity contribution is 6.06. The highest BCUT2D eigenvalue weighted by atomic mass is 15.2. The molecule has 0 fully saturated rings. The zero-order chi connectivity index (χ0) is 37.1. The smallest absolute Gasteiger partial charge is 0.0462 e. The summed E-state index contributed by atoms with van der Waals surface area (Å²) in [5.74, 6) is 0.914. The van der Waals surface area contributed by atoms with Gasteiger partial charge in [-0.25, -0.2) is 0 Å². The van der Waals surface area contributed by atoms with E-state index in [2.05, 4.69) is 177 Å². The van der Waals surface area contributed by atoms with Crippen molar-refractivity contribution in [2.45, 2.75) is 105 Å².